The van der Waals surface area contributed by atoms with Gasteiger partial charge in [0.05, 0.1) is 11.3 Å². The van der Waals surface area contributed by atoms with Crippen molar-refractivity contribution in [2.45, 2.75) is 40.0 Å². The normalized spacial score (nSPS) is 11.4. The Morgan fingerprint density at radius 2 is 1.76 bits per heavy atom. The number of aromatic amines is 1. The molecule has 0 aliphatic rings. The molecule has 29 heavy (non-hydrogen) atoms. The maximum atomic E-state index is 12.9. The van der Waals surface area contributed by atoms with Gasteiger partial charge in [0.2, 0.25) is 0 Å². The summed E-state index contributed by atoms with van der Waals surface area (Å²) in [5, 5.41) is 5.36. The largest absolute Gasteiger partial charge is 0.357 e. The highest BCUT2D eigenvalue weighted by atomic mass is 35.5. The molecule has 0 saturated heterocycles. The summed E-state index contributed by atoms with van der Waals surface area (Å²) >= 11 is 6.27. The number of H-pyrrole nitrogens is 1. The molecule has 0 bridgehead atoms. The molecule has 5 heteroatoms. The van der Waals surface area contributed by atoms with Crippen LogP contribution in [0.1, 0.15) is 45.7 Å². The van der Waals surface area contributed by atoms with Crippen LogP contribution in [0.5, 0.6) is 0 Å². The lowest BCUT2D eigenvalue weighted by molar-refractivity contribution is 0.298. The fraction of sp³-hybridized carbons (Fsp3) is 0.250. The van der Waals surface area contributed by atoms with E-state index in [4.69, 9.17) is 16.4 Å². The Hall–Kier alpha value is -2.85. The van der Waals surface area contributed by atoms with E-state index >= 15 is 0 Å². The van der Waals surface area contributed by atoms with Gasteiger partial charge < -0.3 is 9.82 Å². The second kappa shape index (κ2) is 7.88. The van der Waals surface area contributed by atoms with E-state index in [0.717, 1.165) is 22.2 Å². The van der Waals surface area contributed by atoms with Gasteiger partial charge in [0.15, 0.2) is 5.76 Å². The fourth-order valence-corrected chi connectivity index (χ4v) is 3.33. The Bertz CT molecular complexity index is 1160. The number of fused-ring (bicyclic) bond motifs is 1. The van der Waals surface area contributed by atoms with Gasteiger partial charge in [0, 0.05) is 21.5 Å². The van der Waals surface area contributed by atoms with E-state index in [1.165, 1.54) is 5.56 Å². The number of hydrogen-bond acceptors (Lipinski definition) is 3. The van der Waals surface area contributed by atoms with Gasteiger partial charge in [-0.15, -0.1) is 0 Å². The van der Waals surface area contributed by atoms with Crippen LogP contribution >= 0.6 is 11.6 Å². The molecule has 0 aliphatic carbocycles. The van der Waals surface area contributed by atoms with Crippen molar-refractivity contribution >= 4 is 34.0 Å². The minimum atomic E-state index is -0.288. The SMILES string of the molecule is C=C(ON=C(C)C)c1c(-c2ccc(C(C)(C)C)cc2)c2cc(Cl)ccc2[nH]c1=O. The lowest BCUT2D eigenvalue weighted by atomic mass is 9.85. The quantitative estimate of drug-likeness (QED) is 0.303. The van der Waals surface area contributed by atoms with Crippen molar-refractivity contribution in [1.82, 2.24) is 4.98 Å². The van der Waals surface area contributed by atoms with E-state index < -0.39 is 0 Å². The van der Waals surface area contributed by atoms with E-state index in [1.807, 2.05) is 32.0 Å². The summed E-state index contributed by atoms with van der Waals surface area (Å²) in [6.07, 6.45) is 0. The van der Waals surface area contributed by atoms with Crippen LogP contribution in [0.3, 0.4) is 0 Å². The number of rotatable bonds is 4. The Labute approximate surface area is 175 Å². The topological polar surface area (TPSA) is 54.4 Å². The van der Waals surface area contributed by atoms with Crippen LogP contribution in [0.4, 0.5) is 0 Å². The van der Waals surface area contributed by atoms with Crippen molar-refractivity contribution in [3.63, 3.8) is 0 Å². The zero-order valence-electron chi connectivity index (χ0n) is 17.4. The summed E-state index contributed by atoms with van der Waals surface area (Å²) in [4.78, 5) is 21.3. The highest BCUT2D eigenvalue weighted by Crippen LogP contribution is 2.35. The number of hydrogen-bond donors (Lipinski definition) is 1. The first-order chi connectivity index (χ1) is 13.6. The van der Waals surface area contributed by atoms with E-state index in [-0.39, 0.29) is 16.7 Å². The minimum absolute atomic E-state index is 0.0287. The van der Waals surface area contributed by atoms with Crippen molar-refractivity contribution in [3.8, 4) is 11.1 Å². The predicted molar refractivity (Wildman–Crippen MR) is 123 cm³/mol. The standard InChI is InChI=1S/C24H25ClN2O2/c1-14(2)27-29-15(3)21-22(16-7-9-17(10-8-16)24(4,5)6)19-13-18(25)11-12-20(19)26-23(21)28/h7-13H,3H2,1-2,4-6H3,(H,26,28). The number of pyridine rings is 1. The molecule has 0 unspecified atom stereocenters. The number of halogens is 1. The van der Waals surface area contributed by atoms with Gasteiger partial charge in [-0.05, 0) is 48.6 Å². The highest BCUT2D eigenvalue weighted by Gasteiger charge is 2.20. The first-order valence-corrected chi connectivity index (χ1v) is 9.79. The number of aromatic nitrogens is 1. The minimum Gasteiger partial charge on any atom is -0.357 e. The number of nitrogens with one attached hydrogen (secondary N) is 1. The first-order valence-electron chi connectivity index (χ1n) is 9.42. The predicted octanol–water partition coefficient (Wildman–Crippen LogP) is 6.53. The number of oxime groups is 1. The Morgan fingerprint density at radius 1 is 1.10 bits per heavy atom. The monoisotopic (exact) mass is 408 g/mol. The maximum absolute atomic E-state index is 12.9. The molecule has 3 aromatic rings. The van der Waals surface area contributed by atoms with Crippen molar-refractivity contribution < 1.29 is 4.84 Å². The third kappa shape index (κ3) is 4.43. The van der Waals surface area contributed by atoms with Crippen molar-refractivity contribution in [2.75, 3.05) is 0 Å². The maximum Gasteiger partial charge on any atom is 0.260 e. The van der Waals surface area contributed by atoms with E-state index in [2.05, 4.69) is 49.6 Å². The van der Waals surface area contributed by atoms with Gasteiger partial charge in [0.1, 0.15) is 0 Å². The molecule has 1 N–H and O–H groups in total. The second-order valence-corrected chi connectivity index (χ2v) is 8.71. The second-order valence-electron chi connectivity index (χ2n) is 8.27. The molecule has 0 atom stereocenters. The molecular formula is C24H25ClN2O2. The molecule has 0 radical (unpaired) electrons. The highest BCUT2D eigenvalue weighted by molar-refractivity contribution is 6.31. The van der Waals surface area contributed by atoms with Crippen LogP contribution in [0.15, 0.2) is 59.0 Å². The van der Waals surface area contributed by atoms with Gasteiger partial charge in [-0.3, -0.25) is 4.79 Å². The van der Waals surface area contributed by atoms with E-state index in [0.29, 0.717) is 16.1 Å². The summed E-state index contributed by atoms with van der Waals surface area (Å²) < 4.78 is 0. The third-order valence-electron chi connectivity index (χ3n) is 4.63. The summed E-state index contributed by atoms with van der Waals surface area (Å²) in [7, 11) is 0. The molecule has 0 spiro atoms. The zero-order chi connectivity index (χ0) is 21.3. The Balaban J connectivity index is 2.31. The van der Waals surface area contributed by atoms with Crippen molar-refractivity contribution in [2.24, 2.45) is 5.16 Å². The Morgan fingerprint density at radius 3 is 2.34 bits per heavy atom. The fourth-order valence-electron chi connectivity index (χ4n) is 3.16. The molecule has 4 nitrogen and oxygen atoms in total. The van der Waals surface area contributed by atoms with Crippen LogP contribution in [-0.2, 0) is 10.3 Å². The lowest BCUT2D eigenvalue weighted by Gasteiger charge is -2.20. The Kier molecular flexibility index (Phi) is 5.67. The van der Waals surface area contributed by atoms with Gasteiger partial charge in [-0.1, -0.05) is 68.4 Å². The average Bonchev–Trinajstić information content (AvgIpc) is 2.65. The smallest absolute Gasteiger partial charge is 0.260 e. The van der Waals surface area contributed by atoms with Gasteiger partial charge >= 0.3 is 0 Å². The molecule has 3 rings (SSSR count). The molecule has 2 aromatic carbocycles. The third-order valence-corrected chi connectivity index (χ3v) is 4.87. The summed E-state index contributed by atoms with van der Waals surface area (Å²) in [6.45, 7) is 14.1. The average molecular weight is 409 g/mol. The van der Waals surface area contributed by atoms with Crippen LogP contribution in [0.25, 0.3) is 27.8 Å². The summed E-state index contributed by atoms with van der Waals surface area (Å²) in [5.41, 5.74) is 4.31. The molecule has 0 fully saturated rings. The molecule has 150 valence electrons. The van der Waals surface area contributed by atoms with Crippen molar-refractivity contribution in [1.29, 1.82) is 0 Å². The van der Waals surface area contributed by atoms with E-state index in [9.17, 15) is 4.79 Å². The first kappa shape index (κ1) is 20.9. The zero-order valence-corrected chi connectivity index (χ0v) is 18.1. The number of benzene rings is 2. The summed E-state index contributed by atoms with van der Waals surface area (Å²) in [6, 6.07) is 13.6. The van der Waals surface area contributed by atoms with Crippen molar-refractivity contribution in [3.05, 3.63) is 75.5 Å². The molecule has 0 amide bonds. The van der Waals surface area contributed by atoms with Gasteiger partial charge in [-0.25, -0.2) is 0 Å². The van der Waals surface area contributed by atoms with Crippen LogP contribution in [0, 0.1) is 0 Å². The van der Waals surface area contributed by atoms with Crippen LogP contribution in [-0.4, -0.2) is 10.7 Å². The van der Waals surface area contributed by atoms with Crippen LogP contribution in [0.2, 0.25) is 5.02 Å². The van der Waals surface area contributed by atoms with Gasteiger partial charge in [0.25, 0.3) is 5.56 Å². The number of nitrogens with zero attached hydrogens (tertiary/aromatic N) is 1. The van der Waals surface area contributed by atoms with E-state index in [1.54, 1.807) is 12.1 Å². The lowest BCUT2D eigenvalue weighted by Crippen LogP contribution is -2.15. The molecule has 0 aliphatic heterocycles. The van der Waals surface area contributed by atoms with Crippen LogP contribution < -0.4 is 5.56 Å². The van der Waals surface area contributed by atoms with Gasteiger partial charge in [-0.2, -0.15) is 0 Å². The molecule has 1 heterocycles. The molecule has 0 saturated carbocycles. The summed E-state index contributed by atoms with van der Waals surface area (Å²) in [5.74, 6) is 0.184. The molecular weight excluding hydrogens is 384 g/mol. The molecule has 1 aromatic heterocycles.